The summed E-state index contributed by atoms with van der Waals surface area (Å²) in [7, 11) is -3.62. The van der Waals surface area contributed by atoms with Gasteiger partial charge in [0.15, 0.2) is 0 Å². The first-order valence-corrected chi connectivity index (χ1v) is 10.7. The van der Waals surface area contributed by atoms with Gasteiger partial charge in [-0.05, 0) is 49.9 Å². The minimum absolute atomic E-state index is 0.255. The van der Waals surface area contributed by atoms with Crippen LogP contribution in [0.3, 0.4) is 0 Å². The van der Waals surface area contributed by atoms with Crippen LogP contribution in [0.25, 0.3) is 0 Å². The van der Waals surface area contributed by atoms with Crippen molar-refractivity contribution in [2.24, 2.45) is 5.14 Å². The van der Waals surface area contributed by atoms with E-state index in [0.717, 1.165) is 35.4 Å². The first-order valence-electron chi connectivity index (χ1n) is 9.17. The maximum Gasteiger partial charge on any atom is 0.276 e. The summed E-state index contributed by atoms with van der Waals surface area (Å²) in [5.74, 6) is 0. The van der Waals surface area contributed by atoms with Crippen LogP contribution in [0.2, 0.25) is 0 Å². The summed E-state index contributed by atoms with van der Waals surface area (Å²) in [6.07, 6.45) is 5.12. The van der Waals surface area contributed by atoms with E-state index in [1.54, 1.807) is 0 Å². The van der Waals surface area contributed by atoms with Crippen molar-refractivity contribution in [2.75, 3.05) is 13.1 Å². The summed E-state index contributed by atoms with van der Waals surface area (Å²) >= 11 is 0. The second kappa shape index (κ2) is 8.43. The zero-order valence-electron chi connectivity index (χ0n) is 15.9. The first kappa shape index (κ1) is 19.9. The molecule has 1 fully saturated rings. The van der Waals surface area contributed by atoms with E-state index in [9.17, 15) is 8.42 Å². The van der Waals surface area contributed by atoms with Crippen LogP contribution in [0.15, 0.2) is 36.7 Å². The number of aryl methyl sites for hydroxylation is 2. The van der Waals surface area contributed by atoms with Crippen LogP contribution in [0.5, 0.6) is 0 Å². The second-order valence-electron chi connectivity index (χ2n) is 7.11. The topological polar surface area (TPSA) is 92.4 Å². The molecule has 2 aromatic heterocycles. The molecule has 0 unspecified atom stereocenters. The second-order valence-corrected chi connectivity index (χ2v) is 8.66. The van der Waals surface area contributed by atoms with Gasteiger partial charge in [0.1, 0.15) is 0 Å². The van der Waals surface area contributed by atoms with Gasteiger partial charge < -0.3 is 0 Å². The Labute approximate surface area is 161 Å². The molecule has 1 aliphatic rings. The number of nitrogens with zero attached hydrogens (tertiary/aromatic N) is 4. The van der Waals surface area contributed by atoms with Crippen LogP contribution in [0, 0.1) is 13.8 Å². The number of pyridine rings is 2. The van der Waals surface area contributed by atoms with Crippen LogP contribution in [-0.2, 0) is 23.3 Å². The number of nitrogens with two attached hydrogens (primary N) is 1. The van der Waals surface area contributed by atoms with Gasteiger partial charge in [0.25, 0.3) is 10.2 Å². The maximum atomic E-state index is 11.6. The van der Waals surface area contributed by atoms with Crippen LogP contribution in [-0.4, -0.2) is 46.7 Å². The van der Waals surface area contributed by atoms with E-state index in [2.05, 4.69) is 40.8 Å². The highest BCUT2D eigenvalue weighted by Gasteiger charge is 2.29. The Morgan fingerprint density at radius 2 is 1.52 bits per heavy atom. The van der Waals surface area contributed by atoms with Gasteiger partial charge in [0, 0.05) is 44.6 Å². The highest BCUT2D eigenvalue weighted by molar-refractivity contribution is 7.86. The molecule has 0 amide bonds. The number of rotatable bonds is 6. The molecule has 7 nitrogen and oxygen atoms in total. The van der Waals surface area contributed by atoms with E-state index in [-0.39, 0.29) is 6.04 Å². The smallest absolute Gasteiger partial charge is 0.276 e. The van der Waals surface area contributed by atoms with Crippen molar-refractivity contribution in [3.8, 4) is 0 Å². The standard InChI is InChI=1S/C19H27N5O2S/c1-15-5-3-9-21-18(15)13-23(14-19-16(2)6-4-10-22-19)17-7-11-24(12-8-17)27(20,25)26/h3-6,9-10,17H,7-8,11-14H2,1-2H3,(H2,20,25,26). The van der Waals surface area contributed by atoms with E-state index < -0.39 is 10.2 Å². The molecule has 3 rings (SSSR count). The minimum atomic E-state index is -3.62. The molecule has 1 aliphatic heterocycles. The lowest BCUT2D eigenvalue weighted by Crippen LogP contribution is -2.48. The zero-order valence-corrected chi connectivity index (χ0v) is 16.7. The quantitative estimate of drug-likeness (QED) is 0.813. The van der Waals surface area contributed by atoms with Gasteiger partial charge >= 0.3 is 0 Å². The van der Waals surface area contributed by atoms with Gasteiger partial charge in [0.2, 0.25) is 0 Å². The van der Waals surface area contributed by atoms with Crippen molar-refractivity contribution in [3.63, 3.8) is 0 Å². The monoisotopic (exact) mass is 389 g/mol. The molecule has 0 radical (unpaired) electrons. The Morgan fingerprint density at radius 3 is 1.93 bits per heavy atom. The molecule has 3 heterocycles. The minimum Gasteiger partial charge on any atom is -0.289 e. The molecule has 0 bridgehead atoms. The van der Waals surface area contributed by atoms with E-state index in [4.69, 9.17) is 5.14 Å². The van der Waals surface area contributed by atoms with Gasteiger partial charge in [0.05, 0.1) is 11.4 Å². The summed E-state index contributed by atoms with van der Waals surface area (Å²) in [5, 5.41) is 5.28. The largest absolute Gasteiger partial charge is 0.289 e. The molecule has 0 atom stereocenters. The molecule has 0 saturated carbocycles. The lowest BCUT2D eigenvalue weighted by molar-refractivity contribution is 0.121. The lowest BCUT2D eigenvalue weighted by Gasteiger charge is -2.37. The van der Waals surface area contributed by atoms with Gasteiger partial charge in [-0.1, -0.05) is 12.1 Å². The summed E-state index contributed by atoms with van der Waals surface area (Å²) in [6, 6.07) is 8.27. The van der Waals surface area contributed by atoms with Crippen molar-refractivity contribution in [3.05, 3.63) is 59.2 Å². The van der Waals surface area contributed by atoms with E-state index >= 15 is 0 Å². The molecule has 2 N–H and O–H groups in total. The fourth-order valence-electron chi connectivity index (χ4n) is 3.53. The fraction of sp³-hybridized carbons (Fsp3) is 0.474. The predicted octanol–water partition coefficient (Wildman–Crippen LogP) is 1.76. The normalized spacial score (nSPS) is 16.7. The molecular formula is C19H27N5O2S. The van der Waals surface area contributed by atoms with E-state index in [1.807, 2.05) is 24.5 Å². The Bertz CT molecular complexity index is 832. The van der Waals surface area contributed by atoms with Crippen LogP contribution in [0.4, 0.5) is 0 Å². The van der Waals surface area contributed by atoms with Crippen molar-refractivity contribution in [1.29, 1.82) is 0 Å². The average molecular weight is 390 g/mol. The van der Waals surface area contributed by atoms with Gasteiger partial charge in [-0.2, -0.15) is 12.7 Å². The van der Waals surface area contributed by atoms with Gasteiger partial charge in [-0.15, -0.1) is 0 Å². The van der Waals surface area contributed by atoms with E-state index in [1.165, 1.54) is 4.31 Å². The van der Waals surface area contributed by atoms with Crippen LogP contribution >= 0.6 is 0 Å². The molecule has 0 spiro atoms. The first-order chi connectivity index (χ1) is 12.8. The summed E-state index contributed by atoms with van der Waals surface area (Å²) in [6.45, 7) is 6.45. The molecule has 2 aromatic rings. The third kappa shape index (κ3) is 5.10. The van der Waals surface area contributed by atoms with Gasteiger partial charge in [-0.3, -0.25) is 14.9 Å². The van der Waals surface area contributed by atoms with Crippen LogP contribution < -0.4 is 5.14 Å². The Kier molecular flexibility index (Phi) is 6.21. The number of piperidine rings is 1. The van der Waals surface area contributed by atoms with Crippen molar-refractivity contribution >= 4 is 10.2 Å². The molecule has 146 valence electrons. The van der Waals surface area contributed by atoms with Gasteiger partial charge in [-0.25, -0.2) is 5.14 Å². The Morgan fingerprint density at radius 1 is 1.04 bits per heavy atom. The van der Waals surface area contributed by atoms with Crippen molar-refractivity contribution in [2.45, 2.75) is 45.8 Å². The highest BCUT2D eigenvalue weighted by atomic mass is 32.2. The van der Waals surface area contributed by atoms with E-state index in [0.29, 0.717) is 26.2 Å². The third-order valence-electron chi connectivity index (χ3n) is 5.24. The third-order valence-corrected chi connectivity index (χ3v) is 6.33. The molecule has 1 saturated heterocycles. The lowest BCUT2D eigenvalue weighted by atomic mass is 10.0. The zero-order chi connectivity index (χ0) is 19.4. The Balaban J connectivity index is 1.80. The summed E-state index contributed by atoms with van der Waals surface area (Å²) < 4.78 is 24.6. The molecule has 0 aliphatic carbocycles. The number of hydrogen-bond acceptors (Lipinski definition) is 5. The van der Waals surface area contributed by atoms with Crippen molar-refractivity contribution < 1.29 is 8.42 Å². The Hall–Kier alpha value is -1.87. The number of hydrogen-bond donors (Lipinski definition) is 1. The molecule has 0 aromatic carbocycles. The molecular weight excluding hydrogens is 362 g/mol. The summed E-state index contributed by atoms with van der Waals surface area (Å²) in [5.41, 5.74) is 4.39. The average Bonchev–Trinajstić information content (AvgIpc) is 2.64. The number of aromatic nitrogens is 2. The SMILES string of the molecule is Cc1cccnc1CN(Cc1ncccc1C)C1CCN(S(N)(=O)=O)CC1. The summed E-state index contributed by atoms with van der Waals surface area (Å²) in [4.78, 5) is 11.5. The predicted molar refractivity (Wildman–Crippen MR) is 105 cm³/mol. The highest BCUT2D eigenvalue weighted by Crippen LogP contribution is 2.23. The fourth-order valence-corrected chi connectivity index (χ4v) is 4.25. The van der Waals surface area contributed by atoms with Crippen LogP contribution in [0.1, 0.15) is 35.4 Å². The molecule has 8 heteroatoms. The van der Waals surface area contributed by atoms with Crippen molar-refractivity contribution in [1.82, 2.24) is 19.2 Å². The molecule has 27 heavy (non-hydrogen) atoms. The maximum absolute atomic E-state index is 11.6.